The van der Waals surface area contributed by atoms with Gasteiger partial charge in [-0.1, -0.05) is 19.9 Å². The van der Waals surface area contributed by atoms with Crippen molar-refractivity contribution < 1.29 is 14.0 Å². The van der Waals surface area contributed by atoms with Crippen LogP contribution in [0, 0.1) is 17.7 Å². The number of amides is 2. The van der Waals surface area contributed by atoms with E-state index in [1.54, 1.807) is 35.4 Å². The third kappa shape index (κ3) is 5.34. The largest absolute Gasteiger partial charge is 0.353 e. The number of piperidine rings is 1. The normalized spacial score (nSPS) is 15.7. The number of carbonyl (C=O) groups is 2. The monoisotopic (exact) mass is 412 g/mol. The van der Waals surface area contributed by atoms with E-state index in [-0.39, 0.29) is 29.6 Å². The van der Waals surface area contributed by atoms with E-state index in [2.05, 4.69) is 29.5 Å². The molecule has 0 radical (unpaired) electrons. The SMILES string of the molecule is CC(C)C(C)NC(=O)C1CCN(C(=O)c2cccnc2Nc2cccc(F)c2)CC1. The Morgan fingerprint density at radius 1 is 1.13 bits per heavy atom. The molecule has 160 valence electrons. The van der Waals surface area contributed by atoms with Gasteiger partial charge in [0.25, 0.3) is 5.91 Å². The van der Waals surface area contributed by atoms with E-state index in [1.165, 1.54) is 12.1 Å². The molecule has 1 aliphatic rings. The van der Waals surface area contributed by atoms with Crippen molar-refractivity contribution in [1.29, 1.82) is 0 Å². The zero-order chi connectivity index (χ0) is 21.7. The van der Waals surface area contributed by atoms with Crippen molar-refractivity contribution in [2.75, 3.05) is 18.4 Å². The smallest absolute Gasteiger partial charge is 0.257 e. The van der Waals surface area contributed by atoms with Crippen LogP contribution >= 0.6 is 0 Å². The van der Waals surface area contributed by atoms with Gasteiger partial charge in [-0.15, -0.1) is 0 Å². The van der Waals surface area contributed by atoms with Gasteiger partial charge in [0.1, 0.15) is 11.6 Å². The van der Waals surface area contributed by atoms with Gasteiger partial charge in [0, 0.05) is 36.9 Å². The first-order valence-corrected chi connectivity index (χ1v) is 10.4. The minimum absolute atomic E-state index is 0.0677. The summed E-state index contributed by atoms with van der Waals surface area (Å²) in [7, 11) is 0. The molecule has 0 saturated carbocycles. The summed E-state index contributed by atoms with van der Waals surface area (Å²) in [6.45, 7) is 7.20. The number of anilines is 2. The van der Waals surface area contributed by atoms with Crippen LogP contribution in [-0.4, -0.2) is 40.8 Å². The number of pyridine rings is 1. The van der Waals surface area contributed by atoms with Crippen LogP contribution in [0.4, 0.5) is 15.9 Å². The Bertz CT molecular complexity index is 894. The molecule has 2 N–H and O–H groups in total. The van der Waals surface area contributed by atoms with Crippen LogP contribution in [0.1, 0.15) is 44.0 Å². The number of hydrogen-bond acceptors (Lipinski definition) is 4. The minimum Gasteiger partial charge on any atom is -0.353 e. The minimum atomic E-state index is -0.365. The van der Waals surface area contributed by atoms with Crippen LogP contribution in [0.25, 0.3) is 0 Å². The molecule has 1 fully saturated rings. The molecule has 1 saturated heterocycles. The van der Waals surface area contributed by atoms with Gasteiger partial charge in [0.05, 0.1) is 5.56 Å². The maximum atomic E-state index is 13.5. The summed E-state index contributed by atoms with van der Waals surface area (Å²) in [5.41, 5.74) is 0.954. The number of aromatic nitrogens is 1. The number of likely N-dealkylation sites (tertiary alicyclic amines) is 1. The fraction of sp³-hybridized carbons (Fsp3) is 0.435. The van der Waals surface area contributed by atoms with E-state index >= 15 is 0 Å². The number of hydrogen-bond donors (Lipinski definition) is 2. The van der Waals surface area contributed by atoms with Crippen molar-refractivity contribution in [3.8, 4) is 0 Å². The molecule has 1 aromatic carbocycles. The molecule has 1 aromatic heterocycles. The second-order valence-electron chi connectivity index (χ2n) is 8.14. The van der Waals surface area contributed by atoms with Crippen molar-refractivity contribution in [3.05, 3.63) is 54.0 Å². The number of halogens is 1. The number of carbonyl (C=O) groups excluding carboxylic acids is 2. The van der Waals surface area contributed by atoms with Crippen molar-refractivity contribution in [1.82, 2.24) is 15.2 Å². The molecule has 7 heteroatoms. The third-order valence-corrected chi connectivity index (χ3v) is 5.65. The summed E-state index contributed by atoms with van der Waals surface area (Å²) >= 11 is 0. The Balaban J connectivity index is 1.64. The van der Waals surface area contributed by atoms with Gasteiger partial charge in [-0.2, -0.15) is 0 Å². The molecule has 0 spiro atoms. The molecule has 2 aromatic rings. The van der Waals surface area contributed by atoms with Crippen LogP contribution in [0.15, 0.2) is 42.6 Å². The van der Waals surface area contributed by atoms with Crippen molar-refractivity contribution in [3.63, 3.8) is 0 Å². The lowest BCUT2D eigenvalue weighted by atomic mass is 9.94. The third-order valence-electron chi connectivity index (χ3n) is 5.65. The van der Waals surface area contributed by atoms with Crippen molar-refractivity contribution in [2.45, 2.75) is 39.7 Å². The highest BCUT2D eigenvalue weighted by atomic mass is 19.1. The lowest BCUT2D eigenvalue weighted by Gasteiger charge is -2.32. The van der Waals surface area contributed by atoms with E-state index in [4.69, 9.17) is 0 Å². The fourth-order valence-corrected chi connectivity index (χ4v) is 3.40. The Hall–Kier alpha value is -2.96. The van der Waals surface area contributed by atoms with E-state index in [1.807, 2.05) is 6.92 Å². The number of rotatable bonds is 6. The second-order valence-corrected chi connectivity index (χ2v) is 8.14. The number of benzene rings is 1. The topological polar surface area (TPSA) is 74.3 Å². The molecule has 0 bridgehead atoms. The fourth-order valence-electron chi connectivity index (χ4n) is 3.40. The quantitative estimate of drug-likeness (QED) is 0.753. The van der Waals surface area contributed by atoms with E-state index in [0.717, 1.165) is 0 Å². The summed E-state index contributed by atoms with van der Waals surface area (Å²) < 4.78 is 13.5. The Morgan fingerprint density at radius 3 is 2.53 bits per heavy atom. The van der Waals surface area contributed by atoms with Crippen molar-refractivity contribution >= 4 is 23.3 Å². The van der Waals surface area contributed by atoms with E-state index in [0.29, 0.717) is 48.9 Å². The molecule has 1 atom stereocenters. The molecule has 30 heavy (non-hydrogen) atoms. The van der Waals surface area contributed by atoms with Gasteiger partial charge < -0.3 is 15.5 Å². The predicted octanol–water partition coefficient (Wildman–Crippen LogP) is 3.98. The average molecular weight is 413 g/mol. The molecule has 1 aliphatic heterocycles. The molecule has 1 unspecified atom stereocenters. The zero-order valence-electron chi connectivity index (χ0n) is 17.7. The second kappa shape index (κ2) is 9.69. The Kier molecular flexibility index (Phi) is 7.03. The van der Waals surface area contributed by atoms with Gasteiger partial charge in [-0.3, -0.25) is 9.59 Å². The summed E-state index contributed by atoms with van der Waals surface area (Å²) in [5.74, 6) is 0.253. The van der Waals surface area contributed by atoms with E-state index < -0.39 is 0 Å². The first-order chi connectivity index (χ1) is 14.3. The zero-order valence-corrected chi connectivity index (χ0v) is 17.7. The van der Waals surface area contributed by atoms with Gasteiger partial charge in [0.2, 0.25) is 5.91 Å². The molecular weight excluding hydrogens is 383 g/mol. The molecule has 0 aliphatic carbocycles. The molecule has 3 rings (SSSR count). The van der Waals surface area contributed by atoms with Crippen molar-refractivity contribution in [2.24, 2.45) is 11.8 Å². The van der Waals surface area contributed by atoms with Crippen LogP contribution < -0.4 is 10.6 Å². The number of nitrogens with one attached hydrogen (secondary N) is 2. The summed E-state index contributed by atoms with van der Waals surface area (Å²) in [6.07, 6.45) is 2.86. The number of nitrogens with zero attached hydrogens (tertiary/aromatic N) is 2. The van der Waals surface area contributed by atoms with Crippen LogP contribution in [0.2, 0.25) is 0 Å². The van der Waals surface area contributed by atoms with Crippen LogP contribution in [0.3, 0.4) is 0 Å². The van der Waals surface area contributed by atoms with Crippen LogP contribution in [-0.2, 0) is 4.79 Å². The molecular formula is C23H29FN4O2. The summed E-state index contributed by atoms with van der Waals surface area (Å²) in [5, 5.41) is 6.10. The average Bonchev–Trinajstić information content (AvgIpc) is 2.73. The van der Waals surface area contributed by atoms with E-state index in [9.17, 15) is 14.0 Å². The highest BCUT2D eigenvalue weighted by Crippen LogP contribution is 2.24. The summed E-state index contributed by atoms with van der Waals surface area (Å²) in [4.78, 5) is 31.6. The Labute approximate surface area is 176 Å². The van der Waals surface area contributed by atoms with Gasteiger partial charge in [-0.05, 0) is 56.0 Å². The maximum absolute atomic E-state index is 13.5. The lowest BCUT2D eigenvalue weighted by molar-refractivity contribution is -0.127. The van der Waals surface area contributed by atoms with Gasteiger partial charge in [0.15, 0.2) is 0 Å². The van der Waals surface area contributed by atoms with Gasteiger partial charge >= 0.3 is 0 Å². The Morgan fingerprint density at radius 2 is 1.87 bits per heavy atom. The highest BCUT2D eigenvalue weighted by molar-refractivity contribution is 5.99. The molecule has 6 nitrogen and oxygen atoms in total. The van der Waals surface area contributed by atoms with Gasteiger partial charge in [-0.25, -0.2) is 9.37 Å². The summed E-state index contributed by atoms with van der Waals surface area (Å²) in [6, 6.07) is 9.57. The highest BCUT2D eigenvalue weighted by Gasteiger charge is 2.29. The molecule has 2 heterocycles. The first kappa shape index (κ1) is 21.7. The predicted molar refractivity (Wildman–Crippen MR) is 115 cm³/mol. The maximum Gasteiger partial charge on any atom is 0.257 e. The first-order valence-electron chi connectivity index (χ1n) is 10.4. The molecule has 2 amide bonds. The standard InChI is InChI=1S/C23H29FN4O2/c1-15(2)16(3)26-22(29)17-9-12-28(13-10-17)23(30)20-8-5-11-25-21(20)27-19-7-4-6-18(24)14-19/h4-8,11,14-17H,9-10,12-13H2,1-3H3,(H,25,27)(H,26,29). The van der Waals surface area contributed by atoms with Crippen LogP contribution in [0.5, 0.6) is 0 Å². The lowest BCUT2D eigenvalue weighted by Crippen LogP contribution is -2.45.